The molecule has 0 saturated heterocycles. The molecule has 0 aliphatic rings. The molecule has 9 heteroatoms. The quantitative estimate of drug-likeness (QED) is 0.381. The first-order valence-electron chi connectivity index (χ1n) is 7.60. The lowest BCUT2D eigenvalue weighted by atomic mass is 10.1. The summed E-state index contributed by atoms with van der Waals surface area (Å²) in [7, 11) is 1.12. The summed E-state index contributed by atoms with van der Waals surface area (Å²) in [4.78, 5) is 16.7. The number of hydrogen-bond acceptors (Lipinski definition) is 2. The van der Waals surface area contributed by atoms with Crippen LogP contribution in [0.4, 0.5) is 13.2 Å². The Kier molecular flexibility index (Phi) is 10.5. The van der Waals surface area contributed by atoms with Crippen LogP contribution < -0.4 is 10.6 Å². The van der Waals surface area contributed by atoms with E-state index < -0.39 is 18.6 Å². The van der Waals surface area contributed by atoms with Gasteiger partial charge in [-0.25, -0.2) is 4.99 Å². The molecule has 2 N–H and O–H groups in total. The number of benzene rings is 1. The van der Waals surface area contributed by atoms with Crippen molar-refractivity contribution in [3.8, 4) is 0 Å². The lowest BCUT2D eigenvalue weighted by molar-refractivity contribution is -0.157. The van der Waals surface area contributed by atoms with Gasteiger partial charge in [-0.1, -0.05) is 24.3 Å². The maximum atomic E-state index is 12.3. The van der Waals surface area contributed by atoms with Crippen molar-refractivity contribution >= 4 is 35.8 Å². The highest BCUT2D eigenvalue weighted by Crippen LogP contribution is 2.15. The third kappa shape index (κ3) is 9.51. The van der Waals surface area contributed by atoms with E-state index in [0.29, 0.717) is 23.9 Å². The second kappa shape index (κ2) is 11.2. The van der Waals surface area contributed by atoms with Crippen LogP contribution in [0.5, 0.6) is 0 Å². The minimum absolute atomic E-state index is 0. The van der Waals surface area contributed by atoms with Crippen LogP contribution in [0.15, 0.2) is 29.3 Å². The molecule has 0 saturated carbocycles. The van der Waals surface area contributed by atoms with Crippen LogP contribution >= 0.6 is 24.0 Å². The topological polar surface area (TPSA) is 56.7 Å². The summed E-state index contributed by atoms with van der Waals surface area (Å²) in [6.45, 7) is 3.29. The summed E-state index contributed by atoms with van der Waals surface area (Å²) < 4.78 is 36.8. The average Bonchev–Trinajstić information content (AvgIpc) is 2.49. The Morgan fingerprint density at radius 3 is 2.44 bits per heavy atom. The monoisotopic (exact) mass is 472 g/mol. The molecule has 0 heterocycles. The van der Waals surface area contributed by atoms with E-state index in [9.17, 15) is 18.0 Å². The Labute approximate surface area is 163 Å². The van der Waals surface area contributed by atoms with E-state index in [1.807, 2.05) is 38.1 Å². The first-order valence-corrected chi connectivity index (χ1v) is 7.60. The Hall–Kier alpha value is -1.52. The predicted octanol–water partition coefficient (Wildman–Crippen LogP) is 2.69. The van der Waals surface area contributed by atoms with Gasteiger partial charge in [0.1, 0.15) is 6.54 Å². The normalized spacial score (nSPS) is 11.5. The number of carbonyl (C=O) groups is 1. The molecule has 0 bridgehead atoms. The molecule has 0 spiro atoms. The number of carbonyl (C=O) groups excluding carboxylic acids is 1. The molecule has 1 rings (SSSR count). The summed E-state index contributed by atoms with van der Waals surface area (Å²) >= 11 is 0. The molecule has 0 aromatic heterocycles. The summed E-state index contributed by atoms with van der Waals surface area (Å²) in [6, 6.07) is 7.76. The number of rotatable bonds is 6. The number of likely N-dealkylation sites (N-methyl/N-ethyl adjacent to an activating group) is 1. The molecule has 0 aliphatic heterocycles. The number of alkyl halides is 3. The maximum absolute atomic E-state index is 12.3. The fraction of sp³-hybridized carbons (Fsp3) is 0.500. The van der Waals surface area contributed by atoms with Crippen molar-refractivity contribution < 1.29 is 18.0 Å². The van der Waals surface area contributed by atoms with Crippen molar-refractivity contribution in [2.75, 3.05) is 26.7 Å². The zero-order valence-corrected chi connectivity index (χ0v) is 16.8. The van der Waals surface area contributed by atoms with Gasteiger partial charge in [0.15, 0.2) is 5.96 Å². The van der Waals surface area contributed by atoms with Crippen LogP contribution in [0.25, 0.3) is 0 Å². The van der Waals surface area contributed by atoms with E-state index in [1.165, 1.54) is 0 Å². The van der Waals surface area contributed by atoms with Gasteiger partial charge in [-0.05, 0) is 25.0 Å². The van der Waals surface area contributed by atoms with Crippen molar-refractivity contribution in [1.82, 2.24) is 15.5 Å². The largest absolute Gasteiger partial charge is 0.406 e. The summed E-state index contributed by atoms with van der Waals surface area (Å²) in [5.41, 5.74) is 2.13. The van der Waals surface area contributed by atoms with Crippen molar-refractivity contribution in [2.24, 2.45) is 4.99 Å². The number of aliphatic imine (C=N–C) groups is 1. The average molecular weight is 472 g/mol. The first kappa shape index (κ1) is 23.5. The minimum Gasteiger partial charge on any atom is -0.357 e. The molecule has 0 aliphatic carbocycles. The highest BCUT2D eigenvalue weighted by atomic mass is 127. The summed E-state index contributed by atoms with van der Waals surface area (Å²) in [6.07, 6.45) is -4.41. The molecular formula is C16H24F3IN4O. The number of guanidine groups is 1. The van der Waals surface area contributed by atoms with E-state index >= 15 is 0 Å². The third-order valence-corrected chi connectivity index (χ3v) is 3.26. The molecule has 1 amide bonds. The molecule has 0 radical (unpaired) electrons. The standard InChI is InChI=1S/C16H23F3N4O.HI/c1-4-20-15(21-9-13-8-6-5-7-12(13)2)22-10-14(24)23(3)11-16(17,18)19;/h5-8H,4,9-11H2,1-3H3,(H2,20,21,22);1H. The zero-order valence-electron chi connectivity index (χ0n) is 14.5. The van der Waals surface area contributed by atoms with E-state index in [-0.39, 0.29) is 30.5 Å². The number of hydrogen-bond donors (Lipinski definition) is 2. The van der Waals surface area contributed by atoms with Gasteiger partial charge in [-0.3, -0.25) is 4.79 Å². The number of halogens is 4. The van der Waals surface area contributed by atoms with Gasteiger partial charge in [0.2, 0.25) is 5.91 Å². The number of nitrogens with one attached hydrogen (secondary N) is 2. The van der Waals surface area contributed by atoms with Crippen LogP contribution in [0.3, 0.4) is 0 Å². The number of amides is 1. The van der Waals surface area contributed by atoms with Crippen molar-refractivity contribution in [2.45, 2.75) is 26.6 Å². The number of nitrogens with zero attached hydrogens (tertiary/aromatic N) is 2. The van der Waals surface area contributed by atoms with Gasteiger partial charge in [-0.2, -0.15) is 13.2 Å². The minimum atomic E-state index is -4.41. The van der Waals surface area contributed by atoms with E-state index in [1.54, 1.807) is 0 Å². The van der Waals surface area contributed by atoms with Crippen molar-refractivity contribution in [3.05, 3.63) is 35.4 Å². The molecule has 5 nitrogen and oxygen atoms in total. The molecule has 25 heavy (non-hydrogen) atoms. The van der Waals surface area contributed by atoms with Crippen LogP contribution in [0.2, 0.25) is 0 Å². The smallest absolute Gasteiger partial charge is 0.357 e. The lowest BCUT2D eigenvalue weighted by Crippen LogP contribution is -2.45. The fourth-order valence-electron chi connectivity index (χ4n) is 1.94. The highest BCUT2D eigenvalue weighted by Gasteiger charge is 2.31. The fourth-order valence-corrected chi connectivity index (χ4v) is 1.94. The Morgan fingerprint density at radius 2 is 1.88 bits per heavy atom. The lowest BCUT2D eigenvalue weighted by Gasteiger charge is -2.20. The zero-order chi connectivity index (χ0) is 18.2. The van der Waals surface area contributed by atoms with Crippen molar-refractivity contribution in [3.63, 3.8) is 0 Å². The molecule has 0 unspecified atom stereocenters. The maximum Gasteiger partial charge on any atom is 0.406 e. The first-order chi connectivity index (χ1) is 11.2. The van der Waals surface area contributed by atoms with Crippen molar-refractivity contribution in [1.29, 1.82) is 0 Å². The summed E-state index contributed by atoms with van der Waals surface area (Å²) in [5, 5.41) is 5.72. The molecule has 142 valence electrons. The molecule has 0 atom stereocenters. The van der Waals surface area contributed by atoms with Crippen LogP contribution in [-0.4, -0.2) is 49.6 Å². The van der Waals surface area contributed by atoms with Crippen LogP contribution in [-0.2, 0) is 11.3 Å². The Morgan fingerprint density at radius 1 is 1.24 bits per heavy atom. The molecule has 1 aromatic rings. The van der Waals surface area contributed by atoms with E-state index in [2.05, 4.69) is 15.6 Å². The Balaban J connectivity index is 0.00000576. The van der Waals surface area contributed by atoms with Gasteiger partial charge in [0.05, 0.1) is 13.1 Å². The summed E-state index contributed by atoms with van der Waals surface area (Å²) in [5.74, 6) is -0.275. The van der Waals surface area contributed by atoms with Gasteiger partial charge in [0.25, 0.3) is 0 Å². The molecule has 1 aromatic carbocycles. The Bertz CT molecular complexity index is 579. The highest BCUT2D eigenvalue weighted by molar-refractivity contribution is 14.0. The SMILES string of the molecule is CCNC(=NCc1ccccc1C)NCC(=O)N(C)CC(F)(F)F.I. The van der Waals surface area contributed by atoms with Gasteiger partial charge < -0.3 is 15.5 Å². The van der Waals surface area contributed by atoms with E-state index in [0.717, 1.165) is 18.2 Å². The van der Waals surface area contributed by atoms with Gasteiger partial charge in [-0.15, -0.1) is 24.0 Å². The molecule has 0 fully saturated rings. The second-order valence-corrected chi connectivity index (χ2v) is 5.34. The third-order valence-electron chi connectivity index (χ3n) is 3.26. The van der Waals surface area contributed by atoms with Crippen LogP contribution in [0, 0.1) is 6.92 Å². The van der Waals surface area contributed by atoms with Gasteiger partial charge in [0, 0.05) is 13.6 Å². The van der Waals surface area contributed by atoms with E-state index in [4.69, 9.17) is 0 Å². The molecular weight excluding hydrogens is 448 g/mol. The second-order valence-electron chi connectivity index (χ2n) is 5.34. The number of aryl methyl sites for hydroxylation is 1. The van der Waals surface area contributed by atoms with Crippen LogP contribution in [0.1, 0.15) is 18.1 Å². The van der Waals surface area contributed by atoms with Gasteiger partial charge >= 0.3 is 6.18 Å². The predicted molar refractivity (Wildman–Crippen MR) is 103 cm³/mol.